The number of nitrogens with one attached hydrogen (secondary N) is 1. The van der Waals surface area contributed by atoms with E-state index in [9.17, 15) is 19.2 Å². The Balaban J connectivity index is 0. The van der Waals surface area contributed by atoms with Crippen molar-refractivity contribution in [3.8, 4) is 0 Å². The molecule has 0 bridgehead atoms. The van der Waals surface area contributed by atoms with Gasteiger partial charge in [-0.25, -0.2) is 14.4 Å². The van der Waals surface area contributed by atoms with Crippen LogP contribution in [0.15, 0.2) is 9.98 Å². The molecule has 0 heterocycles. The number of hydrogen-bond acceptors (Lipinski definition) is 6. The van der Waals surface area contributed by atoms with E-state index in [-0.39, 0.29) is 12.0 Å². The van der Waals surface area contributed by atoms with Gasteiger partial charge in [0, 0.05) is 0 Å². The lowest BCUT2D eigenvalue weighted by molar-refractivity contribution is -0.143. The molecule has 0 aliphatic carbocycles. The van der Waals surface area contributed by atoms with Gasteiger partial charge in [-0.1, -0.05) is 27.7 Å². The summed E-state index contributed by atoms with van der Waals surface area (Å²) < 4.78 is 0. The van der Waals surface area contributed by atoms with E-state index < -0.39 is 17.4 Å². The average molecular weight is 341 g/mol. The summed E-state index contributed by atoms with van der Waals surface area (Å²) in [7, 11) is 1.67. The number of likely N-dealkylation sites (N-methyl/N-ethyl adjacent to an activating group) is 1. The summed E-state index contributed by atoms with van der Waals surface area (Å²) in [6.07, 6.45) is 3.56. The van der Waals surface area contributed by atoms with Gasteiger partial charge < -0.3 is 10.4 Å². The van der Waals surface area contributed by atoms with Crippen molar-refractivity contribution in [3.05, 3.63) is 0 Å². The fourth-order valence-electron chi connectivity index (χ4n) is 2.01. The SMILES string of the molecule is CC(C)CC(C)(N=C=O)C(=O)O.CN[C@@H](CC(C)C)C(=O)N=C=O. The van der Waals surface area contributed by atoms with E-state index in [2.05, 4.69) is 15.3 Å². The Morgan fingerprint density at radius 1 is 1.12 bits per heavy atom. The molecule has 8 heteroatoms. The quantitative estimate of drug-likeness (QED) is 0.511. The first-order chi connectivity index (χ1) is 11.0. The molecular weight excluding hydrogens is 314 g/mol. The number of carbonyl (C=O) groups is 2. The van der Waals surface area contributed by atoms with Crippen molar-refractivity contribution >= 4 is 24.0 Å². The minimum atomic E-state index is -1.31. The zero-order chi connectivity index (χ0) is 19.3. The van der Waals surface area contributed by atoms with E-state index in [1.54, 1.807) is 7.05 Å². The minimum Gasteiger partial charge on any atom is -0.479 e. The molecule has 0 aromatic rings. The summed E-state index contributed by atoms with van der Waals surface area (Å²) >= 11 is 0. The third kappa shape index (κ3) is 10.6. The van der Waals surface area contributed by atoms with E-state index in [4.69, 9.17) is 5.11 Å². The maximum atomic E-state index is 11.0. The lowest BCUT2D eigenvalue weighted by Crippen LogP contribution is -2.34. The Bertz CT molecular complexity index is 502. The molecular formula is C16H27N3O5. The molecule has 136 valence electrons. The number of carboxylic acid groups (broad SMARTS) is 1. The van der Waals surface area contributed by atoms with Gasteiger partial charge in [0.1, 0.15) is 0 Å². The smallest absolute Gasteiger partial charge is 0.332 e. The monoisotopic (exact) mass is 341 g/mol. The van der Waals surface area contributed by atoms with Gasteiger partial charge in [0.05, 0.1) is 6.04 Å². The molecule has 1 unspecified atom stereocenters. The van der Waals surface area contributed by atoms with Gasteiger partial charge >= 0.3 is 5.97 Å². The van der Waals surface area contributed by atoms with Gasteiger partial charge in [0.15, 0.2) is 5.54 Å². The van der Waals surface area contributed by atoms with Crippen molar-refractivity contribution in [3.63, 3.8) is 0 Å². The lowest BCUT2D eigenvalue weighted by atomic mass is 9.92. The van der Waals surface area contributed by atoms with Gasteiger partial charge in [-0.2, -0.15) is 4.99 Å². The second-order valence-electron chi connectivity index (χ2n) is 6.39. The second kappa shape index (κ2) is 12.3. The van der Waals surface area contributed by atoms with Crippen LogP contribution in [0.3, 0.4) is 0 Å². The van der Waals surface area contributed by atoms with Crippen LogP contribution in [-0.2, 0) is 19.2 Å². The normalized spacial score (nSPS) is 13.7. The number of aliphatic imine (C=N–C) groups is 2. The number of rotatable bonds is 8. The number of isocyanates is 2. The molecule has 2 N–H and O–H groups in total. The first kappa shape index (κ1) is 24.1. The summed E-state index contributed by atoms with van der Waals surface area (Å²) in [4.78, 5) is 47.8. The number of carbonyl (C=O) groups excluding carboxylic acids is 3. The number of nitrogens with zero attached hydrogens (tertiary/aromatic N) is 2. The van der Waals surface area contributed by atoms with Gasteiger partial charge in [-0.05, 0) is 38.6 Å². The van der Waals surface area contributed by atoms with Gasteiger partial charge in [0.25, 0.3) is 5.91 Å². The second-order valence-corrected chi connectivity index (χ2v) is 6.39. The fourth-order valence-corrected chi connectivity index (χ4v) is 2.01. The first-order valence-electron chi connectivity index (χ1n) is 7.65. The molecule has 0 rings (SSSR count). The van der Waals surface area contributed by atoms with Crippen molar-refractivity contribution in [2.24, 2.45) is 21.8 Å². The third-order valence-corrected chi connectivity index (χ3v) is 3.07. The molecule has 0 spiro atoms. The van der Waals surface area contributed by atoms with E-state index in [1.165, 1.54) is 19.1 Å². The van der Waals surface area contributed by atoms with Gasteiger partial charge in [0.2, 0.25) is 12.2 Å². The summed E-state index contributed by atoms with van der Waals surface area (Å²) in [5.41, 5.74) is -1.31. The molecule has 0 fully saturated rings. The molecule has 0 aliphatic heterocycles. The van der Waals surface area contributed by atoms with Crippen LogP contribution in [0.25, 0.3) is 0 Å². The van der Waals surface area contributed by atoms with Crippen molar-refractivity contribution in [2.45, 2.75) is 59.0 Å². The lowest BCUT2D eigenvalue weighted by Gasteiger charge is -2.19. The van der Waals surface area contributed by atoms with E-state index in [1.807, 2.05) is 27.7 Å². The van der Waals surface area contributed by atoms with Crippen LogP contribution in [0.5, 0.6) is 0 Å². The first-order valence-corrected chi connectivity index (χ1v) is 7.65. The number of carboxylic acids is 1. The maximum Gasteiger partial charge on any atom is 0.332 e. The standard InChI is InChI=1S/C8H14N2O2.C8H13NO3/c1-6(2)4-7(9-3)8(12)10-5-11;1-6(2)4-8(3,7(11)12)9-5-10/h6-7,9H,4H2,1-3H3;6H,4H2,1-3H3,(H,11,12)/t7-;/m0./s1. The van der Waals surface area contributed by atoms with Gasteiger partial charge in [-0.15, -0.1) is 4.99 Å². The molecule has 0 saturated carbocycles. The molecule has 0 aromatic heterocycles. The largest absolute Gasteiger partial charge is 0.479 e. The van der Waals surface area contributed by atoms with E-state index in [0.717, 1.165) is 0 Å². The molecule has 24 heavy (non-hydrogen) atoms. The highest BCUT2D eigenvalue weighted by molar-refractivity contribution is 5.86. The molecule has 0 aromatic carbocycles. The van der Waals surface area contributed by atoms with E-state index >= 15 is 0 Å². The van der Waals surface area contributed by atoms with Crippen molar-refractivity contribution in [2.75, 3.05) is 7.05 Å². The molecule has 1 amide bonds. The average Bonchev–Trinajstić information content (AvgIpc) is 2.44. The van der Waals surface area contributed by atoms with Gasteiger partial charge in [-0.3, -0.25) is 4.79 Å². The Kier molecular flexibility index (Phi) is 12.4. The third-order valence-electron chi connectivity index (χ3n) is 3.07. The van der Waals surface area contributed by atoms with Crippen molar-refractivity contribution in [1.82, 2.24) is 5.32 Å². The molecule has 0 radical (unpaired) electrons. The Morgan fingerprint density at radius 2 is 1.67 bits per heavy atom. The minimum absolute atomic E-state index is 0.184. The molecule has 0 saturated heterocycles. The van der Waals surface area contributed by atoms with Crippen molar-refractivity contribution < 1.29 is 24.3 Å². The Labute approximate surface area is 142 Å². The predicted octanol–water partition coefficient (Wildman–Crippen LogP) is 1.69. The molecule has 8 nitrogen and oxygen atoms in total. The summed E-state index contributed by atoms with van der Waals surface area (Å²) in [5, 5.41) is 11.5. The van der Waals surface area contributed by atoms with Crippen LogP contribution < -0.4 is 5.32 Å². The van der Waals surface area contributed by atoms with Crippen LogP contribution >= 0.6 is 0 Å². The molecule has 0 aliphatic rings. The van der Waals surface area contributed by atoms with Crippen molar-refractivity contribution in [1.29, 1.82) is 0 Å². The van der Waals surface area contributed by atoms with E-state index in [0.29, 0.717) is 18.8 Å². The van der Waals surface area contributed by atoms with Crippen LogP contribution in [0.4, 0.5) is 0 Å². The highest BCUT2D eigenvalue weighted by Gasteiger charge is 2.33. The highest BCUT2D eigenvalue weighted by atomic mass is 16.4. The number of amides is 1. The highest BCUT2D eigenvalue weighted by Crippen LogP contribution is 2.20. The number of aliphatic carboxylic acids is 1. The van der Waals surface area contributed by atoms with Crippen LogP contribution in [-0.4, -0.2) is 47.8 Å². The summed E-state index contributed by atoms with van der Waals surface area (Å²) in [6, 6.07) is -0.355. The van der Waals surface area contributed by atoms with Crippen LogP contribution in [0, 0.1) is 11.8 Å². The fraction of sp³-hybridized carbons (Fsp3) is 0.750. The summed E-state index contributed by atoms with van der Waals surface area (Å²) in [6.45, 7) is 9.17. The Morgan fingerprint density at radius 3 is 1.96 bits per heavy atom. The predicted molar refractivity (Wildman–Crippen MR) is 89.0 cm³/mol. The van der Waals surface area contributed by atoms with Crippen LogP contribution in [0.1, 0.15) is 47.5 Å². The topological polar surface area (TPSA) is 125 Å². The maximum absolute atomic E-state index is 11.0. The Hall–Kier alpha value is -2.14. The molecule has 2 atom stereocenters. The number of hydrogen-bond donors (Lipinski definition) is 2. The zero-order valence-electron chi connectivity index (χ0n) is 15.1. The zero-order valence-corrected chi connectivity index (χ0v) is 15.1. The van der Waals surface area contributed by atoms with Crippen LogP contribution in [0.2, 0.25) is 0 Å². The summed E-state index contributed by atoms with van der Waals surface area (Å²) in [5.74, 6) is -0.947.